The Morgan fingerprint density at radius 2 is 2.00 bits per heavy atom. The second kappa shape index (κ2) is 5.23. The molecule has 0 aromatic heterocycles. The van der Waals surface area contributed by atoms with Gasteiger partial charge in [0.1, 0.15) is 5.60 Å². The Balaban J connectivity index is 3.12. The highest BCUT2D eigenvalue weighted by molar-refractivity contribution is 5.68. The van der Waals surface area contributed by atoms with E-state index in [1.807, 2.05) is 0 Å². The molecule has 0 bridgehead atoms. The Hall–Kier alpha value is -1.49. The third-order valence-corrected chi connectivity index (χ3v) is 2.56. The zero-order valence-electron chi connectivity index (χ0n) is 9.41. The van der Waals surface area contributed by atoms with Crippen LogP contribution in [-0.4, -0.2) is 16.2 Å². The minimum atomic E-state index is -1.66. The molecule has 0 saturated carbocycles. The van der Waals surface area contributed by atoms with Crippen LogP contribution in [0.3, 0.4) is 0 Å². The SMILES string of the molecule is CCCC(O)(CC(=O)O)c1ccc(F)c(F)c1. The predicted octanol–water partition coefficient (Wildman–Crippen LogP) is 2.43. The molecule has 2 N–H and O–H groups in total. The topological polar surface area (TPSA) is 57.5 Å². The minimum Gasteiger partial charge on any atom is -0.481 e. The number of carboxylic acid groups (broad SMARTS) is 1. The van der Waals surface area contributed by atoms with E-state index >= 15 is 0 Å². The molecule has 0 saturated heterocycles. The number of hydrogen-bond donors (Lipinski definition) is 2. The van der Waals surface area contributed by atoms with Crippen molar-refractivity contribution in [3.05, 3.63) is 35.4 Å². The van der Waals surface area contributed by atoms with Gasteiger partial charge in [-0.3, -0.25) is 4.79 Å². The van der Waals surface area contributed by atoms with Crippen molar-refractivity contribution in [2.45, 2.75) is 31.8 Å². The van der Waals surface area contributed by atoms with Gasteiger partial charge in [-0.25, -0.2) is 8.78 Å². The van der Waals surface area contributed by atoms with Crippen LogP contribution < -0.4 is 0 Å². The summed E-state index contributed by atoms with van der Waals surface area (Å²) in [6.07, 6.45) is 0.166. The maximum absolute atomic E-state index is 13.1. The molecule has 17 heavy (non-hydrogen) atoms. The molecule has 0 aliphatic carbocycles. The van der Waals surface area contributed by atoms with Gasteiger partial charge in [0.05, 0.1) is 6.42 Å². The van der Waals surface area contributed by atoms with Crippen LogP contribution in [0.25, 0.3) is 0 Å². The van der Waals surface area contributed by atoms with E-state index in [-0.39, 0.29) is 12.0 Å². The maximum Gasteiger partial charge on any atom is 0.306 e. The molecule has 94 valence electrons. The summed E-state index contributed by atoms with van der Waals surface area (Å²) in [5.41, 5.74) is -1.57. The first kappa shape index (κ1) is 13.6. The molecule has 1 unspecified atom stereocenters. The largest absolute Gasteiger partial charge is 0.481 e. The summed E-state index contributed by atoms with van der Waals surface area (Å²) in [6, 6.07) is 2.93. The average molecular weight is 244 g/mol. The summed E-state index contributed by atoms with van der Waals surface area (Å²) < 4.78 is 25.8. The fourth-order valence-corrected chi connectivity index (χ4v) is 1.78. The molecule has 3 nitrogen and oxygen atoms in total. The van der Waals surface area contributed by atoms with Crippen molar-refractivity contribution in [2.24, 2.45) is 0 Å². The van der Waals surface area contributed by atoms with Gasteiger partial charge in [-0.2, -0.15) is 0 Å². The summed E-state index contributed by atoms with van der Waals surface area (Å²) in [6.45, 7) is 1.77. The van der Waals surface area contributed by atoms with Crippen LogP contribution in [0, 0.1) is 11.6 Å². The lowest BCUT2D eigenvalue weighted by Gasteiger charge is -2.26. The van der Waals surface area contributed by atoms with E-state index in [9.17, 15) is 18.7 Å². The van der Waals surface area contributed by atoms with E-state index in [1.165, 1.54) is 6.07 Å². The number of halogens is 2. The lowest BCUT2D eigenvalue weighted by molar-refractivity contribution is -0.143. The van der Waals surface area contributed by atoms with Gasteiger partial charge in [0, 0.05) is 0 Å². The van der Waals surface area contributed by atoms with Gasteiger partial charge in [0.2, 0.25) is 0 Å². The molecule has 0 aliphatic heterocycles. The Kier molecular flexibility index (Phi) is 4.17. The maximum atomic E-state index is 13.1. The second-order valence-corrected chi connectivity index (χ2v) is 3.98. The van der Waals surface area contributed by atoms with Crippen molar-refractivity contribution in [1.82, 2.24) is 0 Å². The van der Waals surface area contributed by atoms with Crippen LogP contribution in [0.5, 0.6) is 0 Å². The molecule has 1 atom stereocenters. The molecule has 1 aromatic carbocycles. The standard InChI is InChI=1S/C12H14F2O3/c1-2-5-12(17,7-11(15)16)8-3-4-9(13)10(14)6-8/h3-4,6,17H,2,5,7H2,1H3,(H,15,16). The van der Waals surface area contributed by atoms with Gasteiger partial charge >= 0.3 is 5.97 Å². The van der Waals surface area contributed by atoms with Crippen LogP contribution >= 0.6 is 0 Å². The summed E-state index contributed by atoms with van der Waals surface area (Å²) in [4.78, 5) is 10.7. The zero-order chi connectivity index (χ0) is 13.1. The van der Waals surface area contributed by atoms with E-state index in [2.05, 4.69) is 0 Å². The van der Waals surface area contributed by atoms with Gasteiger partial charge in [-0.05, 0) is 24.1 Å². The van der Waals surface area contributed by atoms with Crippen molar-refractivity contribution in [2.75, 3.05) is 0 Å². The number of benzene rings is 1. The highest BCUT2D eigenvalue weighted by Gasteiger charge is 2.32. The summed E-state index contributed by atoms with van der Waals surface area (Å²) in [5.74, 6) is -3.31. The van der Waals surface area contributed by atoms with Crippen molar-refractivity contribution in [3.63, 3.8) is 0 Å². The molecule has 0 spiro atoms. The molecular formula is C12H14F2O3. The third kappa shape index (κ3) is 3.23. The zero-order valence-corrected chi connectivity index (χ0v) is 9.41. The van der Waals surface area contributed by atoms with E-state index < -0.39 is 29.6 Å². The van der Waals surface area contributed by atoms with E-state index in [4.69, 9.17) is 5.11 Å². The van der Waals surface area contributed by atoms with E-state index in [1.54, 1.807) is 6.92 Å². The number of hydrogen-bond acceptors (Lipinski definition) is 2. The highest BCUT2D eigenvalue weighted by atomic mass is 19.2. The first-order valence-corrected chi connectivity index (χ1v) is 5.29. The molecule has 0 amide bonds. The average Bonchev–Trinajstić information content (AvgIpc) is 2.21. The Labute approximate surface area is 97.7 Å². The van der Waals surface area contributed by atoms with Crippen LogP contribution in [0.15, 0.2) is 18.2 Å². The molecule has 5 heteroatoms. The van der Waals surface area contributed by atoms with Crippen molar-refractivity contribution in [1.29, 1.82) is 0 Å². The third-order valence-electron chi connectivity index (χ3n) is 2.56. The van der Waals surface area contributed by atoms with Crippen molar-refractivity contribution >= 4 is 5.97 Å². The van der Waals surface area contributed by atoms with Crippen molar-refractivity contribution in [3.8, 4) is 0 Å². The number of aliphatic carboxylic acids is 1. The molecular weight excluding hydrogens is 230 g/mol. The lowest BCUT2D eigenvalue weighted by atomic mass is 9.86. The fourth-order valence-electron chi connectivity index (χ4n) is 1.78. The number of aliphatic hydroxyl groups is 1. The molecule has 1 aromatic rings. The Morgan fingerprint density at radius 1 is 1.35 bits per heavy atom. The predicted molar refractivity (Wildman–Crippen MR) is 57.4 cm³/mol. The first-order chi connectivity index (χ1) is 7.89. The van der Waals surface area contributed by atoms with Crippen LogP contribution in [0.4, 0.5) is 8.78 Å². The smallest absolute Gasteiger partial charge is 0.306 e. The fraction of sp³-hybridized carbons (Fsp3) is 0.417. The summed E-state index contributed by atoms with van der Waals surface area (Å²) in [7, 11) is 0. The first-order valence-electron chi connectivity index (χ1n) is 5.29. The highest BCUT2D eigenvalue weighted by Crippen LogP contribution is 2.31. The van der Waals surface area contributed by atoms with Gasteiger partial charge in [-0.1, -0.05) is 19.4 Å². The second-order valence-electron chi connectivity index (χ2n) is 3.98. The number of rotatable bonds is 5. The quantitative estimate of drug-likeness (QED) is 0.836. The van der Waals surface area contributed by atoms with E-state index in [0.717, 1.165) is 12.1 Å². The van der Waals surface area contributed by atoms with Gasteiger partial charge in [-0.15, -0.1) is 0 Å². The minimum absolute atomic E-state index is 0.0839. The summed E-state index contributed by atoms with van der Waals surface area (Å²) in [5, 5.41) is 18.9. The van der Waals surface area contributed by atoms with Crippen LogP contribution in [0.2, 0.25) is 0 Å². The van der Waals surface area contributed by atoms with Crippen molar-refractivity contribution < 1.29 is 23.8 Å². The Bertz CT molecular complexity index is 420. The number of carbonyl (C=O) groups is 1. The number of carboxylic acids is 1. The lowest BCUT2D eigenvalue weighted by Crippen LogP contribution is -2.29. The molecule has 0 aliphatic rings. The van der Waals surface area contributed by atoms with Gasteiger partial charge in [0.15, 0.2) is 11.6 Å². The van der Waals surface area contributed by atoms with E-state index in [0.29, 0.717) is 6.42 Å². The van der Waals surface area contributed by atoms with Crippen LogP contribution in [0.1, 0.15) is 31.7 Å². The van der Waals surface area contributed by atoms with Crippen LogP contribution in [-0.2, 0) is 10.4 Å². The molecule has 0 fully saturated rings. The Morgan fingerprint density at radius 3 is 2.47 bits per heavy atom. The monoisotopic (exact) mass is 244 g/mol. The van der Waals surface area contributed by atoms with Gasteiger partial charge < -0.3 is 10.2 Å². The molecule has 1 rings (SSSR count). The molecule has 0 heterocycles. The normalized spacial score (nSPS) is 14.4. The van der Waals surface area contributed by atoms with Gasteiger partial charge in [0.25, 0.3) is 0 Å². The summed E-state index contributed by atoms with van der Waals surface area (Å²) >= 11 is 0. The molecule has 0 radical (unpaired) electrons.